The average molecular weight is 339 g/mol. The van der Waals surface area contributed by atoms with E-state index in [1.54, 1.807) is 12.5 Å². The van der Waals surface area contributed by atoms with Gasteiger partial charge in [0.1, 0.15) is 17.5 Å². The lowest BCUT2D eigenvalue weighted by Crippen LogP contribution is -2.27. The van der Waals surface area contributed by atoms with E-state index in [4.69, 9.17) is 4.42 Å². The van der Waals surface area contributed by atoms with Crippen molar-refractivity contribution in [3.8, 4) is 0 Å². The molecule has 2 aliphatic heterocycles. The summed E-state index contributed by atoms with van der Waals surface area (Å²) < 4.78 is 5.58. The molecule has 2 aliphatic rings. The van der Waals surface area contributed by atoms with Crippen LogP contribution in [-0.2, 0) is 4.79 Å². The van der Waals surface area contributed by atoms with Gasteiger partial charge in [-0.15, -0.1) is 0 Å². The summed E-state index contributed by atoms with van der Waals surface area (Å²) in [5.41, 5.74) is 3.42. The van der Waals surface area contributed by atoms with Crippen molar-refractivity contribution in [2.45, 2.75) is 0 Å². The first-order valence-corrected chi connectivity index (χ1v) is 8.27. The van der Waals surface area contributed by atoms with Crippen LogP contribution in [0.5, 0.6) is 0 Å². The maximum absolute atomic E-state index is 12.3. The number of pyridine rings is 1. The molecular weight excluding hydrogens is 326 g/mol. The molecule has 5 rings (SSSR count). The van der Waals surface area contributed by atoms with Crippen LogP contribution >= 0.6 is 0 Å². The van der Waals surface area contributed by atoms with E-state index in [2.05, 4.69) is 21.0 Å². The minimum Gasteiger partial charge on any atom is -0.463 e. The van der Waals surface area contributed by atoms with Crippen LogP contribution in [0, 0.1) is 5.92 Å². The molecular formula is C21H13N3O2. The molecule has 4 heterocycles. The molecule has 1 aromatic carbocycles. The maximum Gasteiger partial charge on any atom is 0.171 e. The monoisotopic (exact) mass is 339 g/mol. The second-order valence-electron chi connectivity index (χ2n) is 6.11. The molecule has 5 heteroatoms. The van der Waals surface area contributed by atoms with Gasteiger partial charge in [-0.3, -0.25) is 9.78 Å². The normalized spacial score (nSPS) is 19.0. The number of aliphatic imine (C=N–C) groups is 2. The summed E-state index contributed by atoms with van der Waals surface area (Å²) >= 11 is 0. The number of carbonyl (C=O) groups is 1. The third-order valence-corrected chi connectivity index (χ3v) is 4.51. The largest absolute Gasteiger partial charge is 0.463 e. The van der Waals surface area contributed by atoms with Gasteiger partial charge in [0, 0.05) is 29.4 Å². The van der Waals surface area contributed by atoms with E-state index in [9.17, 15) is 4.79 Å². The zero-order valence-corrected chi connectivity index (χ0v) is 13.7. The topological polar surface area (TPSA) is 67.8 Å². The summed E-state index contributed by atoms with van der Waals surface area (Å²) in [6.07, 6.45) is 8.29. The van der Waals surface area contributed by atoms with Gasteiger partial charge in [-0.2, -0.15) is 0 Å². The minimum absolute atomic E-state index is 0.0165. The van der Waals surface area contributed by atoms with Crippen molar-refractivity contribution in [1.29, 1.82) is 0 Å². The molecule has 124 valence electrons. The quantitative estimate of drug-likeness (QED) is 0.713. The number of aromatic nitrogens is 1. The molecule has 0 spiro atoms. The van der Waals surface area contributed by atoms with E-state index >= 15 is 0 Å². The first-order valence-electron chi connectivity index (χ1n) is 8.27. The second-order valence-corrected chi connectivity index (χ2v) is 6.11. The zero-order valence-electron chi connectivity index (χ0n) is 13.7. The van der Waals surface area contributed by atoms with Crippen molar-refractivity contribution in [3.05, 3.63) is 84.6 Å². The Balaban J connectivity index is 1.71. The Hall–Kier alpha value is -3.60. The van der Waals surface area contributed by atoms with Crippen molar-refractivity contribution in [2.75, 3.05) is 0 Å². The molecule has 0 bridgehead atoms. The molecule has 0 aliphatic carbocycles. The number of benzene rings is 1. The summed E-state index contributed by atoms with van der Waals surface area (Å²) in [6, 6.07) is 13.6. The fourth-order valence-corrected chi connectivity index (χ4v) is 3.25. The van der Waals surface area contributed by atoms with E-state index in [1.807, 2.05) is 42.5 Å². The Bertz CT molecular complexity index is 1150. The Morgan fingerprint density at radius 1 is 1.08 bits per heavy atom. The number of hydrogen-bond acceptors (Lipinski definition) is 5. The van der Waals surface area contributed by atoms with E-state index in [1.165, 1.54) is 12.3 Å². The molecule has 1 unspecified atom stereocenters. The number of carbonyl (C=O) groups excluding carboxylic acids is 1. The number of furan rings is 1. The lowest BCUT2D eigenvalue weighted by Gasteiger charge is -2.22. The van der Waals surface area contributed by atoms with Gasteiger partial charge in [0.05, 0.1) is 11.8 Å². The molecule has 1 atom stereocenters. The molecule has 5 nitrogen and oxygen atoms in total. The molecule has 0 N–H and O–H groups in total. The van der Waals surface area contributed by atoms with Crippen LogP contribution < -0.4 is 0 Å². The average Bonchev–Trinajstić information content (AvgIpc) is 3.22. The number of allylic oxidation sites excluding steroid dienone is 2. The number of ketones is 1. The van der Waals surface area contributed by atoms with Crippen LogP contribution in [0.1, 0.15) is 11.3 Å². The van der Waals surface area contributed by atoms with Gasteiger partial charge < -0.3 is 4.42 Å². The minimum atomic E-state index is -0.460. The van der Waals surface area contributed by atoms with E-state index in [0.29, 0.717) is 17.3 Å². The lowest BCUT2D eigenvalue weighted by molar-refractivity contribution is -0.115. The third-order valence-electron chi connectivity index (χ3n) is 4.51. The zero-order chi connectivity index (χ0) is 17.5. The molecule has 0 radical (unpaired) electrons. The standard InChI is InChI=1S/C21H13N3O2/c25-18-7-9-23-21-16(18)12-15(20(24-21)19-4-2-10-26-19)13-5-6-17-14(11-13)3-1-8-22-17/h1-12,16H. The van der Waals surface area contributed by atoms with Gasteiger partial charge in [0.2, 0.25) is 0 Å². The first-order chi connectivity index (χ1) is 12.8. The smallest absolute Gasteiger partial charge is 0.171 e. The van der Waals surface area contributed by atoms with Crippen LogP contribution in [0.25, 0.3) is 16.5 Å². The number of fused-ring (bicyclic) bond motifs is 2. The van der Waals surface area contributed by atoms with Gasteiger partial charge in [-0.05, 0) is 35.9 Å². The fourth-order valence-electron chi connectivity index (χ4n) is 3.25. The van der Waals surface area contributed by atoms with E-state index < -0.39 is 5.92 Å². The number of hydrogen-bond donors (Lipinski definition) is 0. The van der Waals surface area contributed by atoms with Crippen LogP contribution in [0.2, 0.25) is 0 Å². The van der Waals surface area contributed by atoms with E-state index in [-0.39, 0.29) is 5.78 Å². The predicted molar refractivity (Wildman–Crippen MR) is 100 cm³/mol. The van der Waals surface area contributed by atoms with Gasteiger partial charge in [0.25, 0.3) is 0 Å². The van der Waals surface area contributed by atoms with Crippen molar-refractivity contribution >= 4 is 33.8 Å². The highest BCUT2D eigenvalue weighted by Crippen LogP contribution is 2.31. The Morgan fingerprint density at radius 3 is 2.92 bits per heavy atom. The SMILES string of the molecule is O=C1C=CN=C2N=C(c3ccco3)C(c3ccc4ncccc4c3)=CC12. The van der Waals surface area contributed by atoms with Crippen LogP contribution in [0.4, 0.5) is 0 Å². The Labute approximate surface area is 149 Å². The third kappa shape index (κ3) is 2.33. The summed E-state index contributed by atoms with van der Waals surface area (Å²) in [5, 5.41) is 1.03. The van der Waals surface area contributed by atoms with Crippen molar-refractivity contribution in [2.24, 2.45) is 15.9 Å². The van der Waals surface area contributed by atoms with Crippen molar-refractivity contribution in [3.63, 3.8) is 0 Å². The van der Waals surface area contributed by atoms with E-state index in [0.717, 1.165) is 22.0 Å². The fraction of sp³-hybridized carbons (Fsp3) is 0.0476. The Kier molecular flexibility index (Phi) is 3.25. The lowest BCUT2D eigenvalue weighted by atomic mass is 9.88. The summed E-state index contributed by atoms with van der Waals surface area (Å²) in [5.74, 6) is 0.663. The van der Waals surface area contributed by atoms with Crippen LogP contribution in [-0.4, -0.2) is 22.3 Å². The summed E-state index contributed by atoms with van der Waals surface area (Å²) in [6.45, 7) is 0. The number of amidine groups is 1. The molecule has 2 aromatic heterocycles. The highest BCUT2D eigenvalue weighted by atomic mass is 16.3. The van der Waals surface area contributed by atoms with Gasteiger partial charge in [0.15, 0.2) is 11.5 Å². The Morgan fingerprint density at radius 2 is 2.04 bits per heavy atom. The number of rotatable bonds is 2. The number of dihydropyridines is 1. The second kappa shape index (κ2) is 5.74. The van der Waals surface area contributed by atoms with Crippen LogP contribution in [0.3, 0.4) is 0 Å². The van der Waals surface area contributed by atoms with Gasteiger partial charge in [-0.1, -0.05) is 18.2 Å². The molecule has 0 saturated heterocycles. The first kappa shape index (κ1) is 14.7. The van der Waals surface area contributed by atoms with Crippen molar-refractivity contribution < 1.29 is 9.21 Å². The number of nitrogens with zero attached hydrogens (tertiary/aromatic N) is 3. The van der Waals surface area contributed by atoms with Gasteiger partial charge >= 0.3 is 0 Å². The molecule has 3 aromatic rings. The van der Waals surface area contributed by atoms with Gasteiger partial charge in [-0.25, -0.2) is 9.98 Å². The molecule has 0 saturated carbocycles. The predicted octanol–water partition coefficient (Wildman–Crippen LogP) is 3.83. The molecule has 26 heavy (non-hydrogen) atoms. The summed E-state index contributed by atoms with van der Waals surface area (Å²) in [4.78, 5) is 25.6. The highest BCUT2D eigenvalue weighted by molar-refractivity contribution is 6.37. The summed E-state index contributed by atoms with van der Waals surface area (Å²) in [7, 11) is 0. The maximum atomic E-state index is 12.3. The highest BCUT2D eigenvalue weighted by Gasteiger charge is 2.30. The molecule has 0 fully saturated rings. The molecule has 0 amide bonds. The van der Waals surface area contributed by atoms with Crippen LogP contribution in [0.15, 0.2) is 87.7 Å². The van der Waals surface area contributed by atoms with Crippen molar-refractivity contribution in [1.82, 2.24) is 4.98 Å².